The standard InChI is InChI=1S/C20H28O12/c1-29-9-4-2-8(3-5-9)6-10(22)17-13(24)12(23)16(27)20(31-17)32-18-11(7-21)30-19(28)15(26)14(18)25/h2-6,11-28H,7H2,1H3/t11-,12+,13-,14-,15-,16-,17-,18-,19?,20+/m1/s1. The third kappa shape index (κ3) is 5.05. The van der Waals surface area contributed by atoms with E-state index in [4.69, 9.17) is 18.9 Å². The minimum absolute atomic E-state index is 0.489. The van der Waals surface area contributed by atoms with Crippen LogP contribution in [0.4, 0.5) is 0 Å². The number of hydrogen-bond donors (Lipinski definition) is 8. The zero-order valence-corrected chi connectivity index (χ0v) is 17.1. The molecule has 2 aliphatic heterocycles. The van der Waals surface area contributed by atoms with Crippen molar-refractivity contribution in [3.8, 4) is 5.75 Å². The SMILES string of the molecule is COc1ccc(C=C(O)[C@H]2O[C@@H](O[C@H]3[C@H](O)[C@@H](O)C(O)O[C@@H]3CO)[C@H](O)[C@@H](O)[C@H]2O)cc1. The Labute approximate surface area is 183 Å². The number of ether oxygens (including phenoxy) is 4. The number of aliphatic hydroxyl groups is 8. The molecule has 8 N–H and O–H groups in total. The van der Waals surface area contributed by atoms with Crippen molar-refractivity contribution in [2.24, 2.45) is 0 Å². The van der Waals surface area contributed by atoms with Crippen LogP contribution < -0.4 is 4.74 Å². The summed E-state index contributed by atoms with van der Waals surface area (Å²) in [5, 5.41) is 80.4. The zero-order chi connectivity index (χ0) is 23.6. The molecule has 0 amide bonds. The van der Waals surface area contributed by atoms with E-state index in [1.807, 2.05) is 0 Å². The molecule has 32 heavy (non-hydrogen) atoms. The summed E-state index contributed by atoms with van der Waals surface area (Å²) in [5.41, 5.74) is 0.519. The normalized spacial score (nSPS) is 40.8. The monoisotopic (exact) mass is 460 g/mol. The molecular formula is C20H28O12. The maximum Gasteiger partial charge on any atom is 0.187 e. The molecule has 1 aromatic carbocycles. The molecule has 0 radical (unpaired) electrons. The Morgan fingerprint density at radius 1 is 0.906 bits per heavy atom. The van der Waals surface area contributed by atoms with Gasteiger partial charge in [-0.2, -0.15) is 0 Å². The Hall–Kier alpha value is -1.84. The van der Waals surface area contributed by atoms with E-state index >= 15 is 0 Å². The second-order valence-electron chi connectivity index (χ2n) is 7.57. The van der Waals surface area contributed by atoms with Gasteiger partial charge < -0.3 is 59.8 Å². The van der Waals surface area contributed by atoms with Gasteiger partial charge in [0.25, 0.3) is 0 Å². The summed E-state index contributed by atoms with van der Waals surface area (Å²) in [6, 6.07) is 6.53. The number of aliphatic hydroxyl groups excluding tert-OH is 8. The van der Waals surface area contributed by atoms with E-state index in [-0.39, 0.29) is 0 Å². The molecule has 12 heteroatoms. The number of methoxy groups -OCH3 is 1. The molecule has 3 rings (SSSR count). The molecule has 2 aliphatic rings. The maximum absolute atomic E-state index is 10.5. The molecule has 0 aliphatic carbocycles. The van der Waals surface area contributed by atoms with Crippen molar-refractivity contribution in [1.82, 2.24) is 0 Å². The van der Waals surface area contributed by atoms with E-state index in [1.54, 1.807) is 24.3 Å². The average molecular weight is 460 g/mol. The molecule has 2 saturated heterocycles. The van der Waals surface area contributed by atoms with Crippen LogP contribution in [0.25, 0.3) is 6.08 Å². The molecule has 12 nitrogen and oxygen atoms in total. The summed E-state index contributed by atoms with van der Waals surface area (Å²) in [6.07, 6.45) is -15.4. The summed E-state index contributed by atoms with van der Waals surface area (Å²) in [5.74, 6) is 0.0958. The molecule has 1 unspecified atom stereocenters. The van der Waals surface area contributed by atoms with Gasteiger partial charge in [0.1, 0.15) is 60.3 Å². The van der Waals surface area contributed by atoms with Crippen molar-refractivity contribution >= 4 is 6.08 Å². The van der Waals surface area contributed by atoms with Gasteiger partial charge in [-0.3, -0.25) is 0 Å². The van der Waals surface area contributed by atoms with Crippen molar-refractivity contribution in [3.63, 3.8) is 0 Å². The fourth-order valence-corrected chi connectivity index (χ4v) is 3.55. The van der Waals surface area contributed by atoms with Crippen LogP contribution in [0.15, 0.2) is 30.0 Å². The lowest BCUT2D eigenvalue weighted by molar-refractivity contribution is -0.351. The fourth-order valence-electron chi connectivity index (χ4n) is 3.55. The third-order valence-electron chi connectivity index (χ3n) is 5.42. The van der Waals surface area contributed by atoms with Crippen LogP contribution in [0.5, 0.6) is 5.75 Å². The number of rotatable bonds is 6. The van der Waals surface area contributed by atoms with Gasteiger partial charge >= 0.3 is 0 Å². The van der Waals surface area contributed by atoms with E-state index < -0.39 is 73.8 Å². The van der Waals surface area contributed by atoms with Crippen molar-refractivity contribution in [1.29, 1.82) is 0 Å². The summed E-state index contributed by atoms with van der Waals surface area (Å²) in [4.78, 5) is 0. The topological polar surface area (TPSA) is 199 Å². The van der Waals surface area contributed by atoms with E-state index in [1.165, 1.54) is 13.2 Å². The number of hydrogen-bond acceptors (Lipinski definition) is 12. The summed E-state index contributed by atoms with van der Waals surface area (Å²) >= 11 is 0. The van der Waals surface area contributed by atoms with Gasteiger partial charge in [0.15, 0.2) is 12.6 Å². The predicted molar refractivity (Wildman–Crippen MR) is 105 cm³/mol. The van der Waals surface area contributed by atoms with E-state index in [0.29, 0.717) is 11.3 Å². The first-order valence-electron chi connectivity index (χ1n) is 9.88. The molecule has 0 spiro atoms. The molecule has 180 valence electrons. The van der Waals surface area contributed by atoms with Crippen molar-refractivity contribution < 1.29 is 59.8 Å². The van der Waals surface area contributed by atoms with Gasteiger partial charge in [0, 0.05) is 0 Å². The van der Waals surface area contributed by atoms with Crippen LogP contribution in [0.1, 0.15) is 5.56 Å². The molecule has 10 atom stereocenters. The highest BCUT2D eigenvalue weighted by atomic mass is 16.7. The summed E-state index contributed by atoms with van der Waals surface area (Å²) < 4.78 is 20.9. The lowest BCUT2D eigenvalue weighted by atomic mass is 9.95. The van der Waals surface area contributed by atoms with Crippen LogP contribution in [-0.4, -0.2) is 116 Å². The van der Waals surface area contributed by atoms with Crippen molar-refractivity contribution in [2.75, 3.05) is 13.7 Å². The third-order valence-corrected chi connectivity index (χ3v) is 5.42. The smallest absolute Gasteiger partial charge is 0.187 e. The minimum Gasteiger partial charge on any atom is -0.509 e. The second kappa shape index (κ2) is 10.4. The molecule has 1 aromatic rings. The van der Waals surface area contributed by atoms with E-state index in [0.717, 1.165) is 0 Å². The maximum atomic E-state index is 10.5. The molecule has 2 fully saturated rings. The predicted octanol–water partition coefficient (Wildman–Crippen LogP) is -2.78. The van der Waals surface area contributed by atoms with Crippen LogP contribution >= 0.6 is 0 Å². The molecule has 0 bridgehead atoms. The summed E-state index contributed by atoms with van der Waals surface area (Å²) in [7, 11) is 1.50. The Balaban J connectivity index is 1.79. The van der Waals surface area contributed by atoms with Gasteiger partial charge in [-0.15, -0.1) is 0 Å². The zero-order valence-electron chi connectivity index (χ0n) is 17.1. The van der Waals surface area contributed by atoms with Crippen LogP contribution in [-0.2, 0) is 14.2 Å². The Morgan fingerprint density at radius 3 is 2.16 bits per heavy atom. The minimum atomic E-state index is -1.81. The van der Waals surface area contributed by atoms with Gasteiger partial charge in [0.05, 0.1) is 13.7 Å². The Morgan fingerprint density at radius 2 is 1.56 bits per heavy atom. The quantitative estimate of drug-likeness (QED) is 0.203. The van der Waals surface area contributed by atoms with Crippen molar-refractivity contribution in [2.45, 2.75) is 61.4 Å². The second-order valence-corrected chi connectivity index (χ2v) is 7.57. The lowest BCUT2D eigenvalue weighted by Gasteiger charge is -2.45. The highest BCUT2D eigenvalue weighted by Crippen LogP contribution is 2.30. The molecule has 0 saturated carbocycles. The molecular weight excluding hydrogens is 432 g/mol. The van der Waals surface area contributed by atoms with Crippen molar-refractivity contribution in [3.05, 3.63) is 35.6 Å². The van der Waals surface area contributed by atoms with Crippen LogP contribution in [0, 0.1) is 0 Å². The van der Waals surface area contributed by atoms with Gasteiger partial charge in [0.2, 0.25) is 0 Å². The van der Waals surface area contributed by atoms with Crippen LogP contribution in [0.3, 0.4) is 0 Å². The molecule has 2 heterocycles. The molecule has 0 aromatic heterocycles. The van der Waals surface area contributed by atoms with E-state index in [2.05, 4.69) is 0 Å². The highest BCUT2D eigenvalue weighted by molar-refractivity contribution is 5.53. The fraction of sp³-hybridized carbons (Fsp3) is 0.600. The average Bonchev–Trinajstić information content (AvgIpc) is 2.79. The van der Waals surface area contributed by atoms with Gasteiger partial charge in [-0.25, -0.2) is 0 Å². The Kier molecular flexibility index (Phi) is 8.06. The lowest BCUT2D eigenvalue weighted by Crippen LogP contribution is -2.64. The van der Waals surface area contributed by atoms with Gasteiger partial charge in [-0.05, 0) is 23.8 Å². The number of benzene rings is 1. The highest BCUT2D eigenvalue weighted by Gasteiger charge is 2.50. The first-order chi connectivity index (χ1) is 15.2. The Bertz CT molecular complexity index is 768. The van der Waals surface area contributed by atoms with Gasteiger partial charge in [-0.1, -0.05) is 12.1 Å². The summed E-state index contributed by atoms with van der Waals surface area (Å²) in [6.45, 7) is -0.717. The van der Waals surface area contributed by atoms with E-state index in [9.17, 15) is 40.9 Å². The first kappa shape index (κ1) is 24.8. The first-order valence-corrected chi connectivity index (χ1v) is 9.88. The largest absolute Gasteiger partial charge is 0.509 e. The van der Waals surface area contributed by atoms with Crippen LogP contribution in [0.2, 0.25) is 0 Å².